The quantitative estimate of drug-likeness (QED) is 0.770. The van der Waals surface area contributed by atoms with Gasteiger partial charge < -0.3 is 16.2 Å². The van der Waals surface area contributed by atoms with E-state index in [2.05, 4.69) is 5.32 Å². The van der Waals surface area contributed by atoms with E-state index in [-0.39, 0.29) is 24.8 Å². The van der Waals surface area contributed by atoms with Gasteiger partial charge in [0, 0.05) is 12.2 Å². The molecule has 0 aliphatic carbocycles. The normalized spacial score (nSPS) is 10.7. The third kappa shape index (κ3) is 6.36. The Morgan fingerprint density at radius 2 is 1.88 bits per heavy atom. The first-order valence-electron chi connectivity index (χ1n) is 4.94. The predicted octanol–water partition coefficient (Wildman–Crippen LogP) is 1.92. The molecule has 0 amide bonds. The molecule has 98 valence electrons. The highest BCUT2D eigenvalue weighted by Gasteiger charge is 2.11. The van der Waals surface area contributed by atoms with Crippen LogP contribution in [0.25, 0.3) is 0 Å². The number of nitrogens with one attached hydrogen (secondary N) is 1. The first-order valence-corrected chi connectivity index (χ1v) is 4.94. The minimum Gasteiger partial charge on any atom is -0.480 e. The van der Waals surface area contributed by atoms with Gasteiger partial charge in [-0.3, -0.25) is 4.79 Å². The molecule has 1 atom stereocenters. The van der Waals surface area contributed by atoms with Gasteiger partial charge in [-0.15, -0.1) is 24.8 Å². The Labute approximate surface area is 113 Å². The molecule has 0 saturated heterocycles. The van der Waals surface area contributed by atoms with E-state index in [1.807, 2.05) is 31.2 Å². The van der Waals surface area contributed by atoms with Crippen LogP contribution in [-0.2, 0) is 11.2 Å². The summed E-state index contributed by atoms with van der Waals surface area (Å²) in [6.07, 6.45) is 0.363. The molecule has 0 aromatic heterocycles. The fourth-order valence-electron chi connectivity index (χ4n) is 1.30. The Bertz CT molecular complexity index is 331. The molecule has 0 radical (unpaired) electrons. The van der Waals surface area contributed by atoms with Crippen molar-refractivity contribution >= 4 is 36.5 Å². The first-order chi connectivity index (χ1) is 7.13. The van der Waals surface area contributed by atoms with Crippen LogP contribution < -0.4 is 11.1 Å². The number of carboxylic acid groups (broad SMARTS) is 1. The maximum atomic E-state index is 10.5. The lowest BCUT2D eigenvalue weighted by molar-refractivity contribution is -0.138. The molecule has 0 fully saturated rings. The molecule has 0 aliphatic rings. The molecule has 1 aromatic carbocycles. The van der Waals surface area contributed by atoms with Crippen LogP contribution in [0, 0.1) is 0 Å². The molecule has 1 aromatic rings. The minimum atomic E-state index is -0.967. The Morgan fingerprint density at radius 1 is 1.35 bits per heavy atom. The maximum absolute atomic E-state index is 10.5. The SMILES string of the molecule is CCNc1ccc(CC(N)C(=O)O)cc1.Cl.Cl. The first kappa shape index (κ1) is 18.4. The van der Waals surface area contributed by atoms with Crippen LogP contribution in [-0.4, -0.2) is 23.7 Å². The van der Waals surface area contributed by atoms with E-state index >= 15 is 0 Å². The second-order valence-corrected chi connectivity index (χ2v) is 3.38. The molecule has 4 nitrogen and oxygen atoms in total. The van der Waals surface area contributed by atoms with Gasteiger partial charge in [-0.05, 0) is 31.0 Å². The molecule has 1 rings (SSSR count). The molecule has 0 saturated carbocycles. The molecule has 4 N–H and O–H groups in total. The van der Waals surface area contributed by atoms with Crippen LogP contribution in [0.2, 0.25) is 0 Å². The van der Waals surface area contributed by atoms with E-state index in [0.29, 0.717) is 6.42 Å². The van der Waals surface area contributed by atoms with Gasteiger partial charge in [-0.1, -0.05) is 12.1 Å². The van der Waals surface area contributed by atoms with E-state index < -0.39 is 12.0 Å². The summed E-state index contributed by atoms with van der Waals surface area (Å²) in [6, 6.07) is 6.80. The fourth-order valence-corrected chi connectivity index (χ4v) is 1.30. The van der Waals surface area contributed by atoms with Gasteiger partial charge >= 0.3 is 5.97 Å². The van der Waals surface area contributed by atoms with Crippen molar-refractivity contribution in [3.05, 3.63) is 29.8 Å². The molecule has 1 unspecified atom stereocenters. The van der Waals surface area contributed by atoms with Gasteiger partial charge in [0.2, 0.25) is 0 Å². The number of anilines is 1. The van der Waals surface area contributed by atoms with Crippen LogP contribution in [0.5, 0.6) is 0 Å². The maximum Gasteiger partial charge on any atom is 0.320 e. The van der Waals surface area contributed by atoms with Crippen molar-refractivity contribution in [3.8, 4) is 0 Å². The van der Waals surface area contributed by atoms with Crippen LogP contribution >= 0.6 is 24.8 Å². The second kappa shape index (κ2) is 9.10. The molecular weight excluding hydrogens is 263 g/mol. The van der Waals surface area contributed by atoms with Gasteiger partial charge in [0.25, 0.3) is 0 Å². The summed E-state index contributed by atoms with van der Waals surface area (Å²) < 4.78 is 0. The highest BCUT2D eigenvalue weighted by molar-refractivity contribution is 5.85. The molecular formula is C11H18Cl2N2O2. The number of carboxylic acids is 1. The fraction of sp³-hybridized carbons (Fsp3) is 0.364. The van der Waals surface area contributed by atoms with E-state index in [9.17, 15) is 4.79 Å². The average Bonchev–Trinajstić information content (AvgIpc) is 2.21. The number of aliphatic carboxylic acids is 1. The number of hydrogen-bond acceptors (Lipinski definition) is 3. The van der Waals surface area contributed by atoms with Gasteiger partial charge in [-0.25, -0.2) is 0 Å². The number of benzene rings is 1. The Kier molecular flexibility index (Phi) is 9.85. The Balaban J connectivity index is 0. The van der Waals surface area contributed by atoms with E-state index in [1.165, 1.54) is 0 Å². The summed E-state index contributed by atoms with van der Waals surface area (Å²) >= 11 is 0. The summed E-state index contributed by atoms with van der Waals surface area (Å²) in [7, 11) is 0. The highest BCUT2D eigenvalue weighted by Crippen LogP contribution is 2.10. The van der Waals surface area contributed by atoms with Gasteiger partial charge in [0.1, 0.15) is 6.04 Å². The third-order valence-corrected chi connectivity index (χ3v) is 2.11. The number of carbonyl (C=O) groups is 1. The molecule has 0 heterocycles. The van der Waals surface area contributed by atoms with E-state index in [1.54, 1.807) is 0 Å². The number of hydrogen-bond donors (Lipinski definition) is 3. The lowest BCUT2D eigenvalue weighted by Crippen LogP contribution is -2.32. The molecule has 17 heavy (non-hydrogen) atoms. The van der Waals surface area contributed by atoms with E-state index in [4.69, 9.17) is 10.8 Å². The summed E-state index contributed by atoms with van der Waals surface area (Å²) in [4.78, 5) is 10.5. The Morgan fingerprint density at radius 3 is 2.29 bits per heavy atom. The number of rotatable bonds is 5. The summed E-state index contributed by atoms with van der Waals surface area (Å²) in [6.45, 7) is 2.89. The highest BCUT2D eigenvalue weighted by atomic mass is 35.5. The monoisotopic (exact) mass is 280 g/mol. The van der Waals surface area contributed by atoms with Gasteiger partial charge in [0.05, 0.1) is 0 Å². The van der Waals surface area contributed by atoms with Crippen LogP contribution in [0.15, 0.2) is 24.3 Å². The minimum absolute atomic E-state index is 0. The van der Waals surface area contributed by atoms with Crippen molar-refractivity contribution in [2.24, 2.45) is 5.73 Å². The molecule has 0 aliphatic heterocycles. The lowest BCUT2D eigenvalue weighted by atomic mass is 10.1. The standard InChI is InChI=1S/C11H16N2O2.2ClH/c1-2-13-9-5-3-8(4-6-9)7-10(12)11(14)15;;/h3-6,10,13H,2,7,12H2,1H3,(H,14,15);2*1H. The van der Waals surface area contributed by atoms with E-state index in [0.717, 1.165) is 17.8 Å². The lowest BCUT2D eigenvalue weighted by Gasteiger charge is -2.07. The van der Waals surface area contributed by atoms with Crippen molar-refractivity contribution < 1.29 is 9.90 Å². The predicted molar refractivity (Wildman–Crippen MR) is 74.4 cm³/mol. The average molecular weight is 281 g/mol. The zero-order valence-corrected chi connectivity index (χ0v) is 11.2. The van der Waals surface area contributed by atoms with Crippen LogP contribution in [0.1, 0.15) is 12.5 Å². The third-order valence-electron chi connectivity index (χ3n) is 2.11. The molecule has 0 spiro atoms. The van der Waals surface area contributed by atoms with Crippen molar-refractivity contribution in [2.75, 3.05) is 11.9 Å². The smallest absolute Gasteiger partial charge is 0.320 e. The topological polar surface area (TPSA) is 75.3 Å². The molecule has 6 heteroatoms. The van der Waals surface area contributed by atoms with Crippen molar-refractivity contribution in [2.45, 2.75) is 19.4 Å². The second-order valence-electron chi connectivity index (χ2n) is 3.38. The van der Waals surface area contributed by atoms with Crippen molar-refractivity contribution in [3.63, 3.8) is 0 Å². The summed E-state index contributed by atoms with van der Waals surface area (Å²) in [5.74, 6) is -0.967. The largest absolute Gasteiger partial charge is 0.480 e. The number of nitrogens with two attached hydrogens (primary N) is 1. The summed E-state index contributed by atoms with van der Waals surface area (Å²) in [5, 5.41) is 11.8. The van der Waals surface area contributed by atoms with Crippen LogP contribution in [0.4, 0.5) is 5.69 Å². The van der Waals surface area contributed by atoms with Crippen molar-refractivity contribution in [1.29, 1.82) is 0 Å². The molecule has 0 bridgehead atoms. The zero-order chi connectivity index (χ0) is 11.3. The number of halogens is 2. The van der Waals surface area contributed by atoms with Gasteiger partial charge in [-0.2, -0.15) is 0 Å². The summed E-state index contributed by atoms with van der Waals surface area (Å²) in [5.41, 5.74) is 7.40. The van der Waals surface area contributed by atoms with Crippen molar-refractivity contribution in [1.82, 2.24) is 0 Å². The van der Waals surface area contributed by atoms with Crippen LogP contribution in [0.3, 0.4) is 0 Å². The Hall–Kier alpha value is -0.970. The van der Waals surface area contributed by atoms with Gasteiger partial charge in [0.15, 0.2) is 0 Å². The zero-order valence-electron chi connectivity index (χ0n) is 9.55.